The number of rotatable bonds is 4. The van der Waals surface area contributed by atoms with E-state index >= 15 is 0 Å². The van der Waals surface area contributed by atoms with E-state index in [0.29, 0.717) is 21.3 Å². The molecule has 0 radical (unpaired) electrons. The summed E-state index contributed by atoms with van der Waals surface area (Å²) < 4.78 is 0.870. The predicted molar refractivity (Wildman–Crippen MR) is 84.6 cm³/mol. The first-order valence-electron chi connectivity index (χ1n) is 5.59. The summed E-state index contributed by atoms with van der Waals surface area (Å²) in [5.74, 6) is 0. The molecule has 2 aromatic rings. The van der Waals surface area contributed by atoms with Crippen LogP contribution >= 0.6 is 39.1 Å². The van der Waals surface area contributed by atoms with E-state index in [1.54, 1.807) is 18.2 Å². The molecule has 0 aliphatic heterocycles. The van der Waals surface area contributed by atoms with E-state index in [1.165, 1.54) is 6.07 Å². The molecule has 104 valence electrons. The van der Waals surface area contributed by atoms with Gasteiger partial charge in [-0.2, -0.15) is 0 Å². The van der Waals surface area contributed by atoms with Gasteiger partial charge in [-0.05, 0) is 30.3 Å². The third-order valence-corrected chi connectivity index (χ3v) is 3.70. The Labute approximate surface area is 134 Å². The van der Waals surface area contributed by atoms with Crippen LogP contribution in [-0.4, -0.2) is 4.92 Å². The van der Waals surface area contributed by atoms with Crippen LogP contribution in [0.2, 0.25) is 10.0 Å². The second-order valence-electron chi connectivity index (χ2n) is 4.01. The van der Waals surface area contributed by atoms with E-state index in [1.807, 2.05) is 12.1 Å². The number of hydrogen-bond donors (Lipinski definition) is 1. The number of nitrogens with zero attached hydrogens (tertiary/aromatic N) is 1. The molecule has 0 saturated heterocycles. The first kappa shape index (κ1) is 15.1. The second-order valence-corrected chi connectivity index (χ2v) is 5.77. The molecule has 0 bridgehead atoms. The fourth-order valence-corrected chi connectivity index (χ4v) is 2.39. The Bertz CT molecular complexity index is 665. The molecule has 1 N–H and O–H groups in total. The summed E-state index contributed by atoms with van der Waals surface area (Å²) in [6.07, 6.45) is 0. The second kappa shape index (κ2) is 6.43. The maximum absolute atomic E-state index is 11.0. The molecule has 0 unspecified atom stereocenters. The molecular formula is C13H9BrCl2N2O2. The van der Waals surface area contributed by atoms with E-state index in [2.05, 4.69) is 21.2 Å². The Morgan fingerprint density at radius 2 is 1.95 bits per heavy atom. The Morgan fingerprint density at radius 1 is 1.20 bits per heavy atom. The van der Waals surface area contributed by atoms with Crippen LogP contribution < -0.4 is 5.32 Å². The monoisotopic (exact) mass is 374 g/mol. The molecule has 0 aliphatic rings. The Morgan fingerprint density at radius 3 is 2.65 bits per heavy atom. The van der Waals surface area contributed by atoms with Crippen LogP contribution in [0.5, 0.6) is 0 Å². The molecule has 2 aromatic carbocycles. The molecule has 4 nitrogen and oxygen atoms in total. The zero-order chi connectivity index (χ0) is 14.7. The zero-order valence-corrected chi connectivity index (χ0v) is 13.2. The molecule has 0 spiro atoms. The third-order valence-electron chi connectivity index (χ3n) is 2.64. The largest absolute Gasteiger partial charge is 0.379 e. The SMILES string of the molecule is O=[N+]([O-])c1cc(Cl)ccc1CNc1cc(Br)ccc1Cl. The van der Waals surface area contributed by atoms with E-state index in [0.717, 1.165) is 4.47 Å². The van der Waals surface area contributed by atoms with Gasteiger partial charge in [0.05, 0.1) is 15.6 Å². The van der Waals surface area contributed by atoms with Gasteiger partial charge in [-0.25, -0.2) is 0 Å². The van der Waals surface area contributed by atoms with E-state index in [-0.39, 0.29) is 12.2 Å². The quantitative estimate of drug-likeness (QED) is 0.584. The summed E-state index contributed by atoms with van der Waals surface area (Å²) in [6, 6.07) is 9.95. The number of halogens is 3. The first-order chi connectivity index (χ1) is 9.47. The lowest BCUT2D eigenvalue weighted by Crippen LogP contribution is -2.03. The minimum atomic E-state index is -0.453. The summed E-state index contributed by atoms with van der Waals surface area (Å²) in [7, 11) is 0. The maximum atomic E-state index is 11.0. The number of nitrogens with one attached hydrogen (secondary N) is 1. The number of benzene rings is 2. The number of nitro benzene ring substituents is 1. The molecule has 2 rings (SSSR count). The van der Waals surface area contributed by atoms with Crippen LogP contribution in [0.1, 0.15) is 5.56 Å². The van der Waals surface area contributed by atoms with E-state index < -0.39 is 4.92 Å². The Hall–Kier alpha value is -1.30. The fourth-order valence-electron chi connectivity index (χ4n) is 1.68. The van der Waals surface area contributed by atoms with Crippen LogP contribution in [-0.2, 0) is 6.54 Å². The van der Waals surface area contributed by atoms with Crippen molar-refractivity contribution in [3.8, 4) is 0 Å². The molecule has 0 saturated carbocycles. The summed E-state index contributed by atoms with van der Waals surface area (Å²) in [4.78, 5) is 10.5. The molecule has 0 heterocycles. The van der Waals surface area contributed by atoms with Gasteiger partial charge in [-0.15, -0.1) is 0 Å². The number of anilines is 1. The van der Waals surface area contributed by atoms with Crippen molar-refractivity contribution in [2.75, 3.05) is 5.32 Å². The first-order valence-corrected chi connectivity index (χ1v) is 7.14. The summed E-state index contributed by atoms with van der Waals surface area (Å²) in [6.45, 7) is 0.281. The van der Waals surface area contributed by atoms with Gasteiger partial charge in [0.25, 0.3) is 5.69 Å². The van der Waals surface area contributed by atoms with Gasteiger partial charge in [0, 0.05) is 27.7 Å². The number of hydrogen-bond acceptors (Lipinski definition) is 3. The molecule has 0 amide bonds. The average molecular weight is 376 g/mol. The topological polar surface area (TPSA) is 55.2 Å². The van der Waals surface area contributed by atoms with Crippen molar-refractivity contribution in [3.63, 3.8) is 0 Å². The lowest BCUT2D eigenvalue weighted by atomic mass is 10.1. The van der Waals surface area contributed by atoms with Crippen molar-refractivity contribution >= 4 is 50.5 Å². The summed E-state index contributed by atoms with van der Waals surface area (Å²) in [5, 5.41) is 14.9. The lowest BCUT2D eigenvalue weighted by Gasteiger charge is -2.09. The highest BCUT2D eigenvalue weighted by atomic mass is 79.9. The average Bonchev–Trinajstić information content (AvgIpc) is 2.40. The minimum Gasteiger partial charge on any atom is -0.379 e. The summed E-state index contributed by atoms with van der Waals surface area (Å²) >= 11 is 15.2. The highest BCUT2D eigenvalue weighted by Gasteiger charge is 2.14. The summed E-state index contributed by atoms with van der Waals surface area (Å²) in [5.41, 5.74) is 1.22. The highest BCUT2D eigenvalue weighted by molar-refractivity contribution is 9.10. The predicted octanol–water partition coefficient (Wildman–Crippen LogP) is 5.28. The smallest absolute Gasteiger partial charge is 0.275 e. The molecule has 0 aromatic heterocycles. The normalized spacial score (nSPS) is 10.3. The standard InChI is InChI=1S/C13H9BrCl2N2O2/c14-9-2-4-11(16)12(5-9)17-7-8-1-3-10(15)6-13(8)18(19)20/h1-6,17H,7H2. The van der Waals surface area contributed by atoms with Crippen LogP contribution in [0, 0.1) is 10.1 Å². The molecule has 20 heavy (non-hydrogen) atoms. The van der Waals surface area contributed by atoms with Crippen molar-refractivity contribution in [3.05, 3.63) is 66.6 Å². The van der Waals surface area contributed by atoms with Crippen LogP contribution in [0.3, 0.4) is 0 Å². The van der Waals surface area contributed by atoms with Crippen LogP contribution in [0.25, 0.3) is 0 Å². The van der Waals surface area contributed by atoms with Crippen LogP contribution in [0.15, 0.2) is 40.9 Å². The van der Waals surface area contributed by atoms with E-state index in [9.17, 15) is 10.1 Å². The van der Waals surface area contributed by atoms with Crippen molar-refractivity contribution in [1.29, 1.82) is 0 Å². The van der Waals surface area contributed by atoms with Crippen molar-refractivity contribution in [2.24, 2.45) is 0 Å². The van der Waals surface area contributed by atoms with Gasteiger partial charge in [0.2, 0.25) is 0 Å². The van der Waals surface area contributed by atoms with Gasteiger partial charge >= 0.3 is 0 Å². The third kappa shape index (κ3) is 3.62. The Kier molecular flexibility index (Phi) is 4.86. The van der Waals surface area contributed by atoms with Gasteiger partial charge in [-0.3, -0.25) is 10.1 Å². The van der Waals surface area contributed by atoms with Crippen molar-refractivity contribution in [1.82, 2.24) is 0 Å². The lowest BCUT2D eigenvalue weighted by molar-refractivity contribution is -0.385. The molecule has 0 atom stereocenters. The molecule has 0 aliphatic carbocycles. The molecule has 7 heteroatoms. The number of nitro groups is 1. The van der Waals surface area contributed by atoms with Crippen molar-refractivity contribution < 1.29 is 4.92 Å². The van der Waals surface area contributed by atoms with Gasteiger partial charge < -0.3 is 5.32 Å². The highest BCUT2D eigenvalue weighted by Crippen LogP contribution is 2.28. The Balaban J connectivity index is 2.23. The van der Waals surface area contributed by atoms with Crippen LogP contribution in [0.4, 0.5) is 11.4 Å². The van der Waals surface area contributed by atoms with Gasteiger partial charge in [0.15, 0.2) is 0 Å². The van der Waals surface area contributed by atoms with E-state index in [4.69, 9.17) is 23.2 Å². The fraction of sp³-hybridized carbons (Fsp3) is 0.0769. The molecular weight excluding hydrogens is 367 g/mol. The molecule has 0 fully saturated rings. The minimum absolute atomic E-state index is 0.0175. The van der Waals surface area contributed by atoms with Gasteiger partial charge in [0.1, 0.15) is 0 Å². The van der Waals surface area contributed by atoms with Gasteiger partial charge in [-0.1, -0.05) is 39.1 Å². The van der Waals surface area contributed by atoms with Crippen molar-refractivity contribution in [2.45, 2.75) is 6.54 Å². The maximum Gasteiger partial charge on any atom is 0.275 e. The zero-order valence-electron chi connectivity index (χ0n) is 10.1.